The van der Waals surface area contributed by atoms with Crippen molar-refractivity contribution < 1.29 is 0 Å². The fourth-order valence-electron chi connectivity index (χ4n) is 3.32. The monoisotopic (exact) mass is 359 g/mol. The highest BCUT2D eigenvalue weighted by Gasteiger charge is 2.06. The molecule has 0 heterocycles. The number of nitrogens with one attached hydrogen (secondary N) is 1. The molecule has 0 aromatic heterocycles. The summed E-state index contributed by atoms with van der Waals surface area (Å²) in [6.45, 7) is 2.10. The quantitative estimate of drug-likeness (QED) is 0.385. The summed E-state index contributed by atoms with van der Waals surface area (Å²) in [6, 6.07) is 33.5. The first-order valence-corrected chi connectivity index (χ1v) is 9.33. The van der Waals surface area contributed by atoms with Crippen molar-refractivity contribution in [3.63, 3.8) is 0 Å². The van der Waals surface area contributed by atoms with Gasteiger partial charge in [0.05, 0.1) is 0 Å². The van der Waals surface area contributed by atoms with Gasteiger partial charge in [-0.15, -0.1) is 6.42 Å². The van der Waals surface area contributed by atoms with Gasteiger partial charge in [-0.05, 0) is 59.5 Å². The van der Waals surface area contributed by atoms with Gasteiger partial charge in [-0.25, -0.2) is 0 Å². The van der Waals surface area contributed by atoms with E-state index < -0.39 is 0 Å². The van der Waals surface area contributed by atoms with Crippen LogP contribution in [0, 0.1) is 19.3 Å². The van der Waals surface area contributed by atoms with E-state index in [1.807, 2.05) is 12.1 Å². The summed E-state index contributed by atoms with van der Waals surface area (Å²) in [5.41, 5.74) is 9.03. The maximum atomic E-state index is 5.44. The van der Waals surface area contributed by atoms with Gasteiger partial charge in [0.1, 0.15) is 0 Å². The molecule has 4 aromatic carbocycles. The van der Waals surface area contributed by atoms with Crippen LogP contribution in [0.3, 0.4) is 0 Å². The van der Waals surface area contributed by atoms with Crippen LogP contribution in [0.1, 0.15) is 11.1 Å². The summed E-state index contributed by atoms with van der Waals surface area (Å²) < 4.78 is 0. The minimum atomic E-state index is 0.900. The minimum absolute atomic E-state index is 0.900. The maximum absolute atomic E-state index is 5.44. The summed E-state index contributed by atoms with van der Waals surface area (Å²) in [7, 11) is 0. The minimum Gasteiger partial charge on any atom is -0.355 e. The van der Waals surface area contributed by atoms with Crippen LogP contribution in [-0.4, -0.2) is 0 Å². The summed E-state index contributed by atoms with van der Waals surface area (Å²) in [4.78, 5) is 0. The summed E-state index contributed by atoms with van der Waals surface area (Å²) in [6.07, 6.45) is 5.44. The Morgan fingerprint density at radius 3 is 2.00 bits per heavy atom. The molecule has 0 unspecified atom stereocenters. The lowest BCUT2D eigenvalue weighted by molar-refractivity contribution is 1.45. The number of terminal acetylenes is 1. The van der Waals surface area contributed by atoms with Gasteiger partial charge in [-0.2, -0.15) is 0 Å². The molecule has 134 valence electrons. The average molecular weight is 359 g/mol. The lowest BCUT2D eigenvalue weighted by Gasteiger charge is -2.13. The van der Waals surface area contributed by atoms with E-state index in [0.29, 0.717) is 0 Å². The third-order valence-electron chi connectivity index (χ3n) is 4.80. The lowest BCUT2D eigenvalue weighted by atomic mass is 9.98. The molecule has 0 bridgehead atoms. The van der Waals surface area contributed by atoms with Crippen LogP contribution < -0.4 is 5.32 Å². The smallest absolute Gasteiger partial charge is 0.0463 e. The molecule has 0 aliphatic heterocycles. The summed E-state index contributed by atoms with van der Waals surface area (Å²) in [5, 5.41) is 3.55. The fourth-order valence-corrected chi connectivity index (χ4v) is 3.32. The van der Waals surface area contributed by atoms with Gasteiger partial charge in [-0.1, -0.05) is 72.7 Å². The second-order valence-corrected chi connectivity index (χ2v) is 6.84. The molecule has 0 aliphatic rings. The van der Waals surface area contributed by atoms with E-state index in [9.17, 15) is 0 Å². The van der Waals surface area contributed by atoms with Crippen molar-refractivity contribution in [3.05, 3.63) is 108 Å². The molecule has 0 saturated heterocycles. The second kappa shape index (κ2) is 7.86. The van der Waals surface area contributed by atoms with Crippen molar-refractivity contribution in [3.8, 4) is 34.6 Å². The van der Waals surface area contributed by atoms with E-state index in [1.54, 1.807) is 0 Å². The number of benzene rings is 4. The third kappa shape index (κ3) is 3.82. The average Bonchev–Trinajstić information content (AvgIpc) is 2.74. The Morgan fingerprint density at radius 2 is 1.32 bits per heavy atom. The van der Waals surface area contributed by atoms with E-state index in [4.69, 9.17) is 6.42 Å². The number of hydrogen-bond donors (Lipinski definition) is 1. The number of hydrogen-bond acceptors (Lipinski definition) is 1. The molecule has 4 aromatic rings. The fraction of sp³-hybridized carbons (Fsp3) is 0.0370. The van der Waals surface area contributed by atoms with Crippen molar-refractivity contribution >= 4 is 11.4 Å². The van der Waals surface area contributed by atoms with Gasteiger partial charge in [-0.3, -0.25) is 0 Å². The standard InChI is InChI=1S/C27H21N/c1-3-21-11-13-22(14-12-21)23-15-17-24(18-16-23)26-9-4-5-10-27(26)28-25-8-6-7-20(2)19-25/h1,4-19,28H,2H3. The Morgan fingerprint density at radius 1 is 0.679 bits per heavy atom. The van der Waals surface area contributed by atoms with Crippen LogP contribution >= 0.6 is 0 Å². The van der Waals surface area contributed by atoms with E-state index in [1.165, 1.54) is 22.3 Å². The Kier molecular flexibility index (Phi) is 4.95. The molecule has 1 heteroatoms. The molecule has 0 fully saturated rings. The first-order valence-electron chi connectivity index (χ1n) is 9.33. The molecule has 0 atom stereocenters. The Balaban J connectivity index is 1.63. The van der Waals surface area contributed by atoms with Gasteiger partial charge in [0, 0.05) is 22.5 Å². The zero-order chi connectivity index (χ0) is 19.3. The Hall–Kier alpha value is -3.76. The third-order valence-corrected chi connectivity index (χ3v) is 4.80. The number of para-hydroxylation sites is 1. The van der Waals surface area contributed by atoms with Crippen molar-refractivity contribution in [1.82, 2.24) is 0 Å². The zero-order valence-electron chi connectivity index (χ0n) is 15.8. The highest BCUT2D eigenvalue weighted by atomic mass is 14.9. The highest BCUT2D eigenvalue weighted by molar-refractivity contribution is 5.82. The molecule has 1 N–H and O–H groups in total. The molecular formula is C27H21N. The van der Waals surface area contributed by atoms with Crippen molar-refractivity contribution in [1.29, 1.82) is 0 Å². The molecule has 1 nitrogen and oxygen atoms in total. The molecule has 0 aliphatic carbocycles. The van der Waals surface area contributed by atoms with Crippen LogP contribution in [0.4, 0.5) is 11.4 Å². The normalized spacial score (nSPS) is 10.3. The number of aryl methyl sites for hydroxylation is 1. The molecule has 28 heavy (non-hydrogen) atoms. The molecule has 0 spiro atoms. The van der Waals surface area contributed by atoms with Gasteiger partial charge in [0.2, 0.25) is 0 Å². The number of anilines is 2. The van der Waals surface area contributed by atoms with Gasteiger partial charge in [0.25, 0.3) is 0 Å². The summed E-state index contributed by atoms with van der Waals surface area (Å²) in [5.74, 6) is 2.66. The van der Waals surface area contributed by atoms with Crippen LogP contribution in [0.5, 0.6) is 0 Å². The van der Waals surface area contributed by atoms with E-state index >= 15 is 0 Å². The van der Waals surface area contributed by atoms with E-state index in [2.05, 4.69) is 103 Å². The molecule has 0 radical (unpaired) electrons. The highest BCUT2D eigenvalue weighted by Crippen LogP contribution is 2.32. The van der Waals surface area contributed by atoms with Crippen molar-refractivity contribution in [2.24, 2.45) is 0 Å². The predicted octanol–water partition coefficient (Wildman–Crippen LogP) is 7.05. The maximum Gasteiger partial charge on any atom is 0.0463 e. The SMILES string of the molecule is C#Cc1ccc(-c2ccc(-c3ccccc3Nc3cccc(C)c3)cc2)cc1. The number of rotatable bonds is 4. The lowest BCUT2D eigenvalue weighted by Crippen LogP contribution is -1.93. The molecule has 0 amide bonds. The Labute approximate surface area is 166 Å². The first kappa shape index (κ1) is 17.6. The largest absolute Gasteiger partial charge is 0.355 e. The summed E-state index contributed by atoms with van der Waals surface area (Å²) >= 11 is 0. The van der Waals surface area contributed by atoms with Gasteiger partial charge < -0.3 is 5.32 Å². The van der Waals surface area contributed by atoms with Crippen LogP contribution in [-0.2, 0) is 0 Å². The predicted molar refractivity (Wildman–Crippen MR) is 120 cm³/mol. The topological polar surface area (TPSA) is 12.0 Å². The molecule has 4 rings (SSSR count). The van der Waals surface area contributed by atoms with Crippen LogP contribution in [0.15, 0.2) is 97.1 Å². The van der Waals surface area contributed by atoms with Gasteiger partial charge >= 0.3 is 0 Å². The molecular weight excluding hydrogens is 338 g/mol. The molecule has 0 saturated carbocycles. The first-order chi connectivity index (χ1) is 13.7. The van der Waals surface area contributed by atoms with Crippen LogP contribution in [0.25, 0.3) is 22.3 Å². The zero-order valence-corrected chi connectivity index (χ0v) is 15.8. The van der Waals surface area contributed by atoms with Crippen molar-refractivity contribution in [2.75, 3.05) is 5.32 Å². The second-order valence-electron chi connectivity index (χ2n) is 6.84. The van der Waals surface area contributed by atoms with Gasteiger partial charge in [0.15, 0.2) is 0 Å². The van der Waals surface area contributed by atoms with E-state index in [0.717, 1.165) is 22.5 Å². The van der Waals surface area contributed by atoms with E-state index in [-0.39, 0.29) is 0 Å². The van der Waals surface area contributed by atoms with Crippen LogP contribution in [0.2, 0.25) is 0 Å². The van der Waals surface area contributed by atoms with Crippen molar-refractivity contribution in [2.45, 2.75) is 6.92 Å². The Bertz CT molecular complexity index is 1130.